The van der Waals surface area contributed by atoms with E-state index in [0.29, 0.717) is 45.2 Å². The predicted molar refractivity (Wildman–Crippen MR) is 187 cm³/mol. The van der Waals surface area contributed by atoms with Crippen LogP contribution in [0.1, 0.15) is 43.1 Å². The first kappa shape index (κ1) is 33.2. The fraction of sp³-hybridized carbons (Fsp3) is 0.256. The Bertz CT molecular complexity index is 2250. The number of carbonyl (C=O) groups is 2. The summed E-state index contributed by atoms with van der Waals surface area (Å²) in [6.45, 7) is 2.22. The van der Waals surface area contributed by atoms with E-state index in [1.165, 1.54) is 23.1 Å². The van der Waals surface area contributed by atoms with Crippen LogP contribution in [0.3, 0.4) is 0 Å². The van der Waals surface area contributed by atoms with Gasteiger partial charge in [-0.2, -0.15) is 13.2 Å². The maximum atomic E-state index is 14.7. The first-order valence-corrected chi connectivity index (χ1v) is 16.8. The summed E-state index contributed by atoms with van der Waals surface area (Å²) >= 11 is 0. The van der Waals surface area contributed by atoms with Gasteiger partial charge in [-0.25, -0.2) is 4.98 Å². The van der Waals surface area contributed by atoms with Crippen LogP contribution in [-0.2, 0) is 26.4 Å². The monoisotopic (exact) mass is 709 g/mol. The fourth-order valence-corrected chi connectivity index (χ4v) is 7.33. The molecule has 5 heterocycles. The van der Waals surface area contributed by atoms with Gasteiger partial charge in [0, 0.05) is 56.2 Å². The zero-order valence-electron chi connectivity index (χ0n) is 28.6. The van der Waals surface area contributed by atoms with Gasteiger partial charge < -0.3 is 28.9 Å². The predicted octanol–water partition coefficient (Wildman–Crippen LogP) is 6.93. The summed E-state index contributed by atoms with van der Waals surface area (Å²) in [5.41, 5.74) is 4.73. The third-order valence-electron chi connectivity index (χ3n) is 10.2. The summed E-state index contributed by atoms with van der Waals surface area (Å²) in [5, 5.41) is 10.0. The minimum Gasteiger partial charge on any atom is -0.508 e. The number of aromatic nitrogens is 2. The van der Waals surface area contributed by atoms with Crippen molar-refractivity contribution in [3.8, 4) is 28.5 Å². The standard InChI is InChI=1S/C39H34F3N5O5/c1-22-29(38(50)47(26-8-10-28(48)11-9-26)27-14-24-12-13-44(2)36(24)43-19-27)16-32(45(22)3)30-17-33-34(52-21-51-33)18-31(30)37(49)46-20-25-7-5-4-6-23(25)15-35(46)39(40,41)42/h4-11,14,16-19,35,48H,12-13,15,20-21H2,1-3H3/t35-/m0/s1. The number of carbonyl (C=O) groups excluding carboxylic acids is 2. The molecule has 13 heteroatoms. The van der Waals surface area contributed by atoms with Crippen molar-refractivity contribution in [3.63, 3.8) is 0 Å². The second-order valence-corrected chi connectivity index (χ2v) is 13.3. The number of hydrogen-bond acceptors (Lipinski definition) is 7. The summed E-state index contributed by atoms with van der Waals surface area (Å²) < 4.78 is 56.7. The van der Waals surface area contributed by atoms with Crippen molar-refractivity contribution in [2.45, 2.75) is 38.5 Å². The number of anilines is 3. The molecular formula is C39H34F3N5O5. The Hall–Kier alpha value is -5.98. The van der Waals surface area contributed by atoms with Crippen molar-refractivity contribution in [2.75, 3.05) is 30.2 Å². The normalized spacial score (nSPS) is 16.2. The fourth-order valence-electron chi connectivity index (χ4n) is 7.33. The number of likely N-dealkylation sites (N-methyl/N-ethyl adjacent to an activating group) is 1. The minimum atomic E-state index is -4.68. The van der Waals surface area contributed by atoms with E-state index in [9.17, 15) is 27.9 Å². The molecule has 0 spiro atoms. The van der Waals surface area contributed by atoms with Gasteiger partial charge in [-0.15, -0.1) is 0 Å². The number of benzene rings is 3. The molecule has 2 amide bonds. The van der Waals surface area contributed by atoms with Gasteiger partial charge in [0.2, 0.25) is 6.79 Å². The number of aromatic hydroxyl groups is 1. The van der Waals surface area contributed by atoms with Crippen LogP contribution in [0.5, 0.6) is 17.2 Å². The molecule has 266 valence electrons. The third-order valence-corrected chi connectivity index (χ3v) is 10.2. The van der Waals surface area contributed by atoms with Crippen molar-refractivity contribution in [2.24, 2.45) is 7.05 Å². The molecule has 1 N–H and O–H groups in total. The zero-order chi connectivity index (χ0) is 36.5. The van der Waals surface area contributed by atoms with Gasteiger partial charge in [0.15, 0.2) is 11.5 Å². The van der Waals surface area contributed by atoms with Crippen LogP contribution >= 0.6 is 0 Å². The lowest BCUT2D eigenvalue weighted by atomic mass is 9.92. The number of amides is 2. The number of rotatable bonds is 5. The lowest BCUT2D eigenvalue weighted by Gasteiger charge is -2.38. The number of halogens is 3. The van der Waals surface area contributed by atoms with Crippen LogP contribution in [-0.4, -0.2) is 64.0 Å². The van der Waals surface area contributed by atoms with E-state index in [2.05, 4.69) is 4.98 Å². The molecular weight excluding hydrogens is 675 g/mol. The van der Waals surface area contributed by atoms with Crippen LogP contribution in [0.15, 0.2) is 79.0 Å². The Balaban J connectivity index is 1.23. The number of hydrogen-bond donors (Lipinski definition) is 1. The number of fused-ring (bicyclic) bond motifs is 3. The molecule has 0 radical (unpaired) electrons. The lowest BCUT2D eigenvalue weighted by molar-refractivity contribution is -0.179. The van der Waals surface area contributed by atoms with E-state index in [1.807, 2.05) is 18.0 Å². The number of phenols is 1. The lowest BCUT2D eigenvalue weighted by Crippen LogP contribution is -2.52. The van der Waals surface area contributed by atoms with Crippen LogP contribution in [0.25, 0.3) is 11.3 Å². The van der Waals surface area contributed by atoms with Gasteiger partial charge in [0.25, 0.3) is 11.8 Å². The number of ether oxygens (including phenoxy) is 2. The van der Waals surface area contributed by atoms with Crippen LogP contribution < -0.4 is 19.3 Å². The average Bonchev–Trinajstić information content (AvgIpc) is 3.83. The first-order chi connectivity index (χ1) is 24.9. The molecule has 3 aromatic carbocycles. The Morgan fingerprint density at radius 1 is 0.904 bits per heavy atom. The summed E-state index contributed by atoms with van der Waals surface area (Å²) in [5.74, 6) is 0.212. The number of phenolic OH excluding ortho intramolecular Hbond substituents is 1. The first-order valence-electron chi connectivity index (χ1n) is 16.8. The SMILES string of the molecule is Cc1c(C(=O)N(c2ccc(O)cc2)c2cnc3c(c2)CCN3C)cc(-c2cc3c(cc2C(=O)N2Cc4ccccc4C[C@H]2C(F)(F)F)OCO3)n1C. The van der Waals surface area contributed by atoms with Crippen molar-refractivity contribution in [1.29, 1.82) is 0 Å². The van der Waals surface area contributed by atoms with Crippen molar-refractivity contribution >= 4 is 29.0 Å². The smallest absolute Gasteiger partial charge is 0.409 e. The van der Waals surface area contributed by atoms with E-state index < -0.39 is 24.0 Å². The molecule has 0 saturated carbocycles. The van der Waals surface area contributed by atoms with Crippen molar-refractivity contribution in [3.05, 3.63) is 113 Å². The summed E-state index contributed by atoms with van der Waals surface area (Å²) in [6, 6.07) is 17.6. The average molecular weight is 710 g/mol. The molecule has 2 aromatic heterocycles. The van der Waals surface area contributed by atoms with Crippen molar-refractivity contribution < 1.29 is 37.3 Å². The zero-order valence-corrected chi connectivity index (χ0v) is 28.6. The summed E-state index contributed by atoms with van der Waals surface area (Å²) in [4.78, 5) is 38.2. The second kappa shape index (κ2) is 12.4. The van der Waals surface area contributed by atoms with Gasteiger partial charge >= 0.3 is 6.18 Å². The molecule has 0 bridgehead atoms. The quantitative estimate of drug-likeness (QED) is 0.211. The highest BCUT2D eigenvalue weighted by Crippen LogP contribution is 2.43. The minimum absolute atomic E-state index is 0.0141. The van der Waals surface area contributed by atoms with Crippen LogP contribution in [0, 0.1) is 6.92 Å². The molecule has 0 fully saturated rings. The molecule has 3 aliphatic heterocycles. The van der Waals surface area contributed by atoms with E-state index in [4.69, 9.17) is 9.47 Å². The van der Waals surface area contributed by atoms with Gasteiger partial charge in [-0.1, -0.05) is 24.3 Å². The summed E-state index contributed by atoms with van der Waals surface area (Å²) in [7, 11) is 3.69. The molecule has 8 rings (SSSR count). The molecule has 0 aliphatic carbocycles. The second-order valence-electron chi connectivity index (χ2n) is 13.3. The Morgan fingerprint density at radius 3 is 2.35 bits per heavy atom. The molecule has 5 aromatic rings. The van der Waals surface area contributed by atoms with Gasteiger partial charge in [0.1, 0.15) is 17.6 Å². The van der Waals surface area contributed by atoms with Crippen molar-refractivity contribution in [1.82, 2.24) is 14.5 Å². The van der Waals surface area contributed by atoms with Gasteiger partial charge in [-0.05, 0) is 78.6 Å². The molecule has 0 saturated heterocycles. The molecule has 0 unspecified atom stereocenters. The molecule has 3 aliphatic rings. The third kappa shape index (κ3) is 5.56. The highest BCUT2D eigenvalue weighted by atomic mass is 19.4. The number of pyridine rings is 1. The van der Waals surface area contributed by atoms with Crippen LogP contribution in [0.2, 0.25) is 0 Å². The van der Waals surface area contributed by atoms with E-state index in [0.717, 1.165) is 29.2 Å². The number of nitrogens with zero attached hydrogens (tertiary/aromatic N) is 5. The topological polar surface area (TPSA) is 100 Å². The van der Waals surface area contributed by atoms with Gasteiger partial charge in [-0.3, -0.25) is 14.5 Å². The Kier molecular flexibility index (Phi) is 7.89. The Labute approximate surface area is 297 Å². The number of alkyl halides is 3. The summed E-state index contributed by atoms with van der Waals surface area (Å²) in [6.07, 6.45) is -2.65. The van der Waals surface area contributed by atoms with E-state index in [1.54, 1.807) is 73.3 Å². The van der Waals surface area contributed by atoms with E-state index in [-0.39, 0.29) is 42.4 Å². The highest BCUT2D eigenvalue weighted by Gasteiger charge is 2.48. The maximum absolute atomic E-state index is 14.7. The molecule has 1 atom stereocenters. The van der Waals surface area contributed by atoms with Crippen LogP contribution in [0.4, 0.5) is 30.4 Å². The Morgan fingerprint density at radius 2 is 1.62 bits per heavy atom. The highest BCUT2D eigenvalue weighted by molar-refractivity contribution is 6.12. The van der Waals surface area contributed by atoms with E-state index >= 15 is 0 Å². The van der Waals surface area contributed by atoms with Gasteiger partial charge in [0.05, 0.1) is 23.0 Å². The maximum Gasteiger partial charge on any atom is 0.409 e. The molecule has 10 nitrogen and oxygen atoms in total. The largest absolute Gasteiger partial charge is 0.508 e. The molecule has 52 heavy (non-hydrogen) atoms.